The first-order chi connectivity index (χ1) is 9.49. The van der Waals surface area contributed by atoms with Gasteiger partial charge in [0.25, 0.3) is 0 Å². The fourth-order valence-corrected chi connectivity index (χ4v) is 2.53. The second-order valence-corrected chi connectivity index (χ2v) is 5.77. The molecule has 0 unspecified atom stereocenters. The molecular weight excluding hydrogens is 270 g/mol. The molecule has 1 aromatic carbocycles. The summed E-state index contributed by atoms with van der Waals surface area (Å²) < 4.78 is 0. The average molecular weight is 289 g/mol. The van der Waals surface area contributed by atoms with E-state index in [0.29, 0.717) is 17.1 Å². The van der Waals surface area contributed by atoms with Gasteiger partial charge in [0.15, 0.2) is 5.16 Å². The Labute approximate surface area is 123 Å². The van der Waals surface area contributed by atoms with Gasteiger partial charge in [0.2, 0.25) is 11.9 Å². The Hall–Kier alpha value is -1.82. The first kappa shape index (κ1) is 14.6. The van der Waals surface area contributed by atoms with Crippen molar-refractivity contribution in [3.8, 4) is 0 Å². The number of rotatable bonds is 4. The van der Waals surface area contributed by atoms with E-state index in [2.05, 4.69) is 52.3 Å². The molecule has 0 aliphatic heterocycles. The van der Waals surface area contributed by atoms with Gasteiger partial charge in [0, 0.05) is 26.0 Å². The molecule has 2 rings (SSSR count). The van der Waals surface area contributed by atoms with Crippen molar-refractivity contribution in [1.29, 1.82) is 0 Å². The van der Waals surface area contributed by atoms with Crippen molar-refractivity contribution < 1.29 is 0 Å². The second kappa shape index (κ2) is 6.09. The highest BCUT2D eigenvalue weighted by molar-refractivity contribution is 7.99. The Bertz CT molecular complexity index is 613. The van der Waals surface area contributed by atoms with Crippen LogP contribution in [0.3, 0.4) is 0 Å². The van der Waals surface area contributed by atoms with Crippen LogP contribution >= 0.6 is 11.8 Å². The summed E-state index contributed by atoms with van der Waals surface area (Å²) in [7, 11) is 5.64. The normalized spacial score (nSPS) is 10.4. The number of benzene rings is 1. The fourth-order valence-electron chi connectivity index (χ4n) is 1.72. The van der Waals surface area contributed by atoms with Gasteiger partial charge in [-0.15, -0.1) is 0 Å². The van der Waals surface area contributed by atoms with Crippen LogP contribution in [0, 0.1) is 13.8 Å². The Kier molecular flexibility index (Phi) is 4.44. The molecular formula is C14H19N5S. The Morgan fingerprint density at radius 3 is 2.45 bits per heavy atom. The van der Waals surface area contributed by atoms with Crippen molar-refractivity contribution in [2.24, 2.45) is 0 Å². The van der Waals surface area contributed by atoms with Crippen LogP contribution in [0.5, 0.6) is 0 Å². The third kappa shape index (κ3) is 3.39. The monoisotopic (exact) mass is 289 g/mol. The molecule has 6 heteroatoms. The molecule has 1 heterocycles. The van der Waals surface area contributed by atoms with Crippen LogP contribution in [0.15, 0.2) is 28.3 Å². The number of nitrogens with one attached hydrogen (secondary N) is 1. The molecule has 0 aliphatic rings. The zero-order chi connectivity index (χ0) is 14.7. The molecule has 1 N–H and O–H groups in total. The Morgan fingerprint density at radius 2 is 1.85 bits per heavy atom. The highest BCUT2D eigenvalue weighted by Crippen LogP contribution is 2.29. The van der Waals surface area contributed by atoms with Gasteiger partial charge in [0.1, 0.15) is 0 Å². The molecule has 0 saturated carbocycles. The minimum absolute atomic E-state index is 0.580. The van der Waals surface area contributed by atoms with Gasteiger partial charge in [-0.1, -0.05) is 17.7 Å². The van der Waals surface area contributed by atoms with E-state index >= 15 is 0 Å². The van der Waals surface area contributed by atoms with Gasteiger partial charge in [-0.25, -0.2) is 0 Å². The maximum atomic E-state index is 4.47. The van der Waals surface area contributed by atoms with Crippen LogP contribution in [0.4, 0.5) is 11.9 Å². The quantitative estimate of drug-likeness (QED) is 0.934. The first-order valence-electron chi connectivity index (χ1n) is 6.36. The van der Waals surface area contributed by atoms with E-state index in [9.17, 15) is 0 Å². The number of hydrogen-bond acceptors (Lipinski definition) is 6. The Morgan fingerprint density at radius 1 is 1.10 bits per heavy atom. The molecule has 106 valence electrons. The number of aromatic nitrogens is 3. The zero-order valence-electron chi connectivity index (χ0n) is 12.4. The lowest BCUT2D eigenvalue weighted by Gasteiger charge is -2.12. The van der Waals surface area contributed by atoms with Gasteiger partial charge < -0.3 is 10.2 Å². The first-order valence-corrected chi connectivity index (χ1v) is 7.17. The molecule has 0 amide bonds. The summed E-state index contributed by atoms with van der Waals surface area (Å²) in [5.41, 5.74) is 2.49. The van der Waals surface area contributed by atoms with Crippen LogP contribution < -0.4 is 10.2 Å². The molecule has 5 nitrogen and oxygen atoms in total. The molecule has 0 aliphatic carbocycles. The molecule has 0 atom stereocenters. The number of nitrogens with zero attached hydrogens (tertiary/aromatic N) is 4. The van der Waals surface area contributed by atoms with Crippen molar-refractivity contribution >= 4 is 23.7 Å². The predicted octanol–water partition coefficient (Wildman–Crippen LogP) is 2.75. The van der Waals surface area contributed by atoms with E-state index < -0.39 is 0 Å². The molecule has 20 heavy (non-hydrogen) atoms. The molecule has 2 aromatic rings. The van der Waals surface area contributed by atoms with Gasteiger partial charge in [-0.05, 0) is 37.2 Å². The summed E-state index contributed by atoms with van der Waals surface area (Å²) in [6.07, 6.45) is 0. The fraction of sp³-hybridized carbons (Fsp3) is 0.357. The van der Waals surface area contributed by atoms with E-state index in [4.69, 9.17) is 0 Å². The van der Waals surface area contributed by atoms with Crippen LogP contribution in [0.1, 0.15) is 11.1 Å². The summed E-state index contributed by atoms with van der Waals surface area (Å²) >= 11 is 1.56. The maximum absolute atomic E-state index is 4.47. The topological polar surface area (TPSA) is 53.9 Å². The summed E-state index contributed by atoms with van der Waals surface area (Å²) in [5, 5.41) is 3.66. The average Bonchev–Trinajstić information content (AvgIpc) is 2.41. The number of anilines is 2. The molecule has 0 bridgehead atoms. The predicted molar refractivity (Wildman–Crippen MR) is 83.7 cm³/mol. The van der Waals surface area contributed by atoms with Crippen molar-refractivity contribution in [3.63, 3.8) is 0 Å². The lowest BCUT2D eigenvalue weighted by molar-refractivity contribution is 0.870. The van der Waals surface area contributed by atoms with Crippen molar-refractivity contribution in [2.45, 2.75) is 23.9 Å². The highest BCUT2D eigenvalue weighted by atomic mass is 32.2. The van der Waals surface area contributed by atoms with Crippen molar-refractivity contribution in [1.82, 2.24) is 15.0 Å². The minimum atomic E-state index is 0.580. The van der Waals surface area contributed by atoms with Crippen LogP contribution in [-0.4, -0.2) is 36.1 Å². The van der Waals surface area contributed by atoms with Gasteiger partial charge in [-0.2, -0.15) is 15.0 Å². The van der Waals surface area contributed by atoms with Gasteiger partial charge >= 0.3 is 0 Å². The van der Waals surface area contributed by atoms with Gasteiger partial charge in [-0.3, -0.25) is 0 Å². The third-order valence-electron chi connectivity index (χ3n) is 2.76. The lowest BCUT2D eigenvalue weighted by atomic mass is 10.2. The van der Waals surface area contributed by atoms with E-state index in [-0.39, 0.29) is 0 Å². The lowest BCUT2D eigenvalue weighted by Crippen LogP contribution is -2.15. The minimum Gasteiger partial charge on any atom is -0.357 e. The number of aryl methyl sites for hydroxylation is 2. The van der Waals surface area contributed by atoms with Crippen molar-refractivity contribution in [2.75, 3.05) is 31.4 Å². The molecule has 0 spiro atoms. The van der Waals surface area contributed by atoms with E-state index in [0.717, 1.165) is 4.90 Å². The zero-order valence-corrected chi connectivity index (χ0v) is 13.2. The number of hydrogen-bond donors (Lipinski definition) is 1. The smallest absolute Gasteiger partial charge is 0.230 e. The van der Waals surface area contributed by atoms with Crippen LogP contribution in [-0.2, 0) is 0 Å². The molecule has 1 aromatic heterocycles. The Balaban J connectivity index is 2.34. The third-order valence-corrected chi connectivity index (χ3v) is 3.80. The SMILES string of the molecule is CNc1nc(Sc2ccc(C)cc2C)nc(N(C)C)n1. The second-order valence-electron chi connectivity index (χ2n) is 4.76. The van der Waals surface area contributed by atoms with Crippen LogP contribution in [0.2, 0.25) is 0 Å². The largest absolute Gasteiger partial charge is 0.357 e. The van der Waals surface area contributed by atoms with E-state index in [1.165, 1.54) is 11.1 Å². The highest BCUT2D eigenvalue weighted by Gasteiger charge is 2.10. The van der Waals surface area contributed by atoms with Gasteiger partial charge in [0.05, 0.1) is 0 Å². The van der Waals surface area contributed by atoms with Crippen molar-refractivity contribution in [3.05, 3.63) is 29.3 Å². The summed E-state index contributed by atoms with van der Waals surface area (Å²) in [6, 6.07) is 6.37. The summed E-state index contributed by atoms with van der Waals surface area (Å²) in [6.45, 7) is 4.19. The summed E-state index contributed by atoms with van der Waals surface area (Å²) in [4.78, 5) is 16.2. The maximum Gasteiger partial charge on any atom is 0.230 e. The standard InChI is InChI=1S/C14H19N5S/c1-9-6-7-11(10(2)8-9)20-14-17-12(15-3)16-13(18-14)19(4)5/h6-8H,1-5H3,(H,15,16,17,18). The molecule has 0 radical (unpaired) electrons. The molecule has 0 saturated heterocycles. The van der Waals surface area contributed by atoms with E-state index in [1.54, 1.807) is 18.8 Å². The molecule has 0 fully saturated rings. The summed E-state index contributed by atoms with van der Waals surface area (Å²) in [5.74, 6) is 1.23. The van der Waals surface area contributed by atoms with Crippen LogP contribution in [0.25, 0.3) is 0 Å². The van der Waals surface area contributed by atoms with E-state index in [1.807, 2.05) is 19.0 Å².